The van der Waals surface area contributed by atoms with E-state index < -0.39 is 5.54 Å². The molecule has 0 amide bonds. The Morgan fingerprint density at radius 2 is 2.10 bits per heavy atom. The fourth-order valence-electron chi connectivity index (χ4n) is 3.77. The molecule has 1 heterocycles. The van der Waals surface area contributed by atoms with Gasteiger partial charge in [-0.25, -0.2) is 0 Å². The predicted molar refractivity (Wildman–Crippen MR) is 84.4 cm³/mol. The van der Waals surface area contributed by atoms with Gasteiger partial charge in [-0.3, -0.25) is 9.69 Å². The molecule has 2 fully saturated rings. The first-order valence-electron chi connectivity index (χ1n) is 8.40. The zero-order valence-electron chi connectivity index (χ0n) is 13.9. The summed E-state index contributed by atoms with van der Waals surface area (Å²) in [6.07, 6.45) is 5.29. The fraction of sp³-hybridized carbons (Fsp3) is 0.938. The van der Waals surface area contributed by atoms with Gasteiger partial charge in [0.05, 0.1) is 6.61 Å². The van der Waals surface area contributed by atoms with Crippen molar-refractivity contribution in [2.24, 2.45) is 0 Å². The number of hydrogen-bond acceptors (Lipinski definition) is 5. The van der Waals surface area contributed by atoms with Crippen LogP contribution >= 0.6 is 0 Å². The Labute approximate surface area is 129 Å². The lowest BCUT2D eigenvalue weighted by Crippen LogP contribution is -2.58. The normalized spacial score (nSPS) is 32.6. The number of rotatable bonds is 4. The molecule has 0 aromatic carbocycles. The van der Waals surface area contributed by atoms with Crippen molar-refractivity contribution in [1.29, 1.82) is 0 Å². The van der Waals surface area contributed by atoms with Crippen molar-refractivity contribution in [3.63, 3.8) is 0 Å². The largest absolute Gasteiger partial charge is 0.465 e. The molecule has 0 aromatic rings. The fourth-order valence-corrected chi connectivity index (χ4v) is 3.77. The summed E-state index contributed by atoms with van der Waals surface area (Å²) in [5, 5.41) is 3.28. The number of carbonyl (C=O) groups excluding carboxylic acids is 1. The van der Waals surface area contributed by atoms with Crippen LogP contribution in [0.2, 0.25) is 0 Å². The summed E-state index contributed by atoms with van der Waals surface area (Å²) in [5.74, 6) is -0.0656. The molecule has 5 heteroatoms. The first kappa shape index (κ1) is 16.7. The lowest BCUT2D eigenvalue weighted by atomic mass is 9.78. The maximum atomic E-state index is 12.4. The topological polar surface area (TPSA) is 44.8 Å². The summed E-state index contributed by atoms with van der Waals surface area (Å²) in [7, 11) is 4.09. The second-order valence-electron chi connectivity index (χ2n) is 6.50. The van der Waals surface area contributed by atoms with E-state index in [1.807, 2.05) is 14.0 Å². The van der Waals surface area contributed by atoms with Gasteiger partial charge in [0.2, 0.25) is 0 Å². The Balaban J connectivity index is 2.03. The first-order chi connectivity index (χ1) is 10.1. The van der Waals surface area contributed by atoms with E-state index in [1.165, 1.54) is 19.4 Å². The number of nitrogens with one attached hydrogen (secondary N) is 1. The van der Waals surface area contributed by atoms with Crippen LogP contribution in [0.4, 0.5) is 0 Å². The second-order valence-corrected chi connectivity index (χ2v) is 6.50. The van der Waals surface area contributed by atoms with Gasteiger partial charge in [-0.2, -0.15) is 0 Å². The molecule has 21 heavy (non-hydrogen) atoms. The standard InChI is InChI=1S/C16H31N3O2/c1-4-21-15(20)16(17-2)8-5-7-14(13-16)19-10-6-9-18(3)11-12-19/h14,17H,4-13H2,1-3H3. The molecular weight excluding hydrogens is 266 g/mol. The van der Waals surface area contributed by atoms with E-state index in [4.69, 9.17) is 4.74 Å². The maximum Gasteiger partial charge on any atom is 0.326 e. The van der Waals surface area contributed by atoms with Crippen LogP contribution in [0.3, 0.4) is 0 Å². The summed E-state index contributed by atoms with van der Waals surface area (Å²) >= 11 is 0. The van der Waals surface area contributed by atoms with Gasteiger partial charge < -0.3 is 15.0 Å². The Morgan fingerprint density at radius 3 is 2.81 bits per heavy atom. The Hall–Kier alpha value is -0.650. The van der Waals surface area contributed by atoms with Crippen molar-refractivity contribution in [3.05, 3.63) is 0 Å². The highest BCUT2D eigenvalue weighted by atomic mass is 16.5. The lowest BCUT2D eigenvalue weighted by molar-refractivity contribution is -0.153. The van der Waals surface area contributed by atoms with E-state index in [0.29, 0.717) is 12.6 Å². The van der Waals surface area contributed by atoms with Gasteiger partial charge in [0.1, 0.15) is 5.54 Å². The summed E-state index contributed by atoms with van der Waals surface area (Å²) < 4.78 is 5.32. The summed E-state index contributed by atoms with van der Waals surface area (Å²) in [6, 6.07) is 0.502. The van der Waals surface area contributed by atoms with Gasteiger partial charge >= 0.3 is 5.97 Å². The van der Waals surface area contributed by atoms with Crippen LogP contribution in [0.25, 0.3) is 0 Å². The third kappa shape index (κ3) is 3.96. The van der Waals surface area contributed by atoms with E-state index in [9.17, 15) is 4.79 Å². The number of esters is 1. The van der Waals surface area contributed by atoms with Gasteiger partial charge in [0.15, 0.2) is 0 Å². The number of likely N-dealkylation sites (N-methyl/N-ethyl adjacent to an activating group) is 2. The summed E-state index contributed by atoms with van der Waals surface area (Å²) in [4.78, 5) is 17.4. The average molecular weight is 297 g/mol. The lowest BCUT2D eigenvalue weighted by Gasteiger charge is -2.42. The number of ether oxygens (including phenoxy) is 1. The van der Waals surface area contributed by atoms with Crippen LogP contribution < -0.4 is 5.32 Å². The Kier molecular flexibility index (Phi) is 6.02. The zero-order chi connectivity index (χ0) is 15.3. The van der Waals surface area contributed by atoms with Crippen molar-refractivity contribution in [2.45, 2.75) is 50.6 Å². The summed E-state index contributed by atoms with van der Waals surface area (Å²) in [6.45, 7) is 6.91. The predicted octanol–water partition coefficient (Wildman–Crippen LogP) is 1.09. The van der Waals surface area contributed by atoms with Gasteiger partial charge in [-0.05, 0) is 66.2 Å². The highest BCUT2D eigenvalue weighted by molar-refractivity contribution is 5.81. The van der Waals surface area contributed by atoms with Crippen LogP contribution in [-0.4, -0.2) is 74.2 Å². The van der Waals surface area contributed by atoms with Gasteiger partial charge in [-0.15, -0.1) is 0 Å². The molecule has 5 nitrogen and oxygen atoms in total. The number of carbonyl (C=O) groups is 1. The van der Waals surface area contributed by atoms with E-state index in [2.05, 4.69) is 22.2 Å². The third-order valence-corrected chi connectivity index (χ3v) is 5.14. The minimum atomic E-state index is -0.475. The molecule has 1 aliphatic heterocycles. The average Bonchev–Trinajstić information content (AvgIpc) is 2.72. The Morgan fingerprint density at radius 1 is 1.29 bits per heavy atom. The maximum absolute atomic E-state index is 12.4. The van der Waals surface area contributed by atoms with Gasteiger partial charge in [-0.1, -0.05) is 0 Å². The molecule has 2 unspecified atom stereocenters. The quantitative estimate of drug-likeness (QED) is 0.787. The molecule has 1 aliphatic carbocycles. The number of nitrogens with zero attached hydrogens (tertiary/aromatic N) is 2. The molecule has 2 rings (SSSR count). The highest BCUT2D eigenvalue weighted by Gasteiger charge is 2.44. The minimum Gasteiger partial charge on any atom is -0.465 e. The van der Waals surface area contributed by atoms with Crippen molar-refractivity contribution in [1.82, 2.24) is 15.1 Å². The Bertz CT molecular complexity index is 350. The van der Waals surface area contributed by atoms with Crippen LogP contribution in [0.1, 0.15) is 39.0 Å². The molecule has 1 N–H and O–H groups in total. The molecular formula is C16H31N3O2. The van der Waals surface area contributed by atoms with E-state index >= 15 is 0 Å². The van der Waals surface area contributed by atoms with Crippen molar-refractivity contribution in [2.75, 3.05) is 46.9 Å². The highest BCUT2D eigenvalue weighted by Crippen LogP contribution is 2.32. The third-order valence-electron chi connectivity index (χ3n) is 5.14. The van der Waals surface area contributed by atoms with Crippen molar-refractivity contribution in [3.8, 4) is 0 Å². The number of hydrogen-bond donors (Lipinski definition) is 1. The molecule has 0 bridgehead atoms. The smallest absolute Gasteiger partial charge is 0.326 e. The molecule has 0 radical (unpaired) electrons. The molecule has 0 spiro atoms. The van der Waals surface area contributed by atoms with E-state index in [0.717, 1.165) is 38.9 Å². The van der Waals surface area contributed by atoms with Crippen LogP contribution in [0.15, 0.2) is 0 Å². The van der Waals surface area contributed by atoms with E-state index in [1.54, 1.807) is 0 Å². The van der Waals surface area contributed by atoms with Gasteiger partial charge in [0.25, 0.3) is 0 Å². The van der Waals surface area contributed by atoms with Gasteiger partial charge in [0, 0.05) is 19.1 Å². The molecule has 1 saturated carbocycles. The molecule has 0 aromatic heterocycles. The van der Waals surface area contributed by atoms with E-state index in [-0.39, 0.29) is 5.97 Å². The first-order valence-corrected chi connectivity index (χ1v) is 8.40. The summed E-state index contributed by atoms with van der Waals surface area (Å²) in [5.41, 5.74) is -0.475. The van der Waals surface area contributed by atoms with Crippen molar-refractivity contribution >= 4 is 5.97 Å². The van der Waals surface area contributed by atoms with Crippen LogP contribution in [0, 0.1) is 0 Å². The van der Waals surface area contributed by atoms with Crippen LogP contribution in [-0.2, 0) is 9.53 Å². The van der Waals surface area contributed by atoms with Crippen LogP contribution in [0.5, 0.6) is 0 Å². The minimum absolute atomic E-state index is 0.0656. The van der Waals surface area contributed by atoms with Crippen molar-refractivity contribution < 1.29 is 9.53 Å². The molecule has 1 saturated heterocycles. The zero-order valence-corrected chi connectivity index (χ0v) is 13.9. The second kappa shape index (κ2) is 7.56. The monoisotopic (exact) mass is 297 g/mol. The molecule has 122 valence electrons. The molecule has 2 aliphatic rings. The SMILES string of the molecule is CCOC(=O)C1(NC)CCCC(N2CCCN(C)CC2)C1. The molecule has 2 atom stereocenters.